The molecule has 2 aromatic carbocycles. The van der Waals surface area contributed by atoms with Gasteiger partial charge < -0.3 is 23.4 Å². The molecule has 1 fully saturated rings. The Hall–Kier alpha value is -3.97. The molecule has 194 valence electrons. The van der Waals surface area contributed by atoms with Crippen LogP contribution in [0.25, 0.3) is 22.1 Å². The zero-order valence-corrected chi connectivity index (χ0v) is 19.2. The Morgan fingerprint density at radius 1 is 0.838 bits per heavy atom. The van der Waals surface area contributed by atoms with Crippen LogP contribution in [-0.2, 0) is 27.4 Å². The summed E-state index contributed by atoms with van der Waals surface area (Å²) in [6.07, 6.45) is 3.36. The Bertz CT molecular complexity index is 1570. The van der Waals surface area contributed by atoms with E-state index in [0.717, 1.165) is 36.7 Å². The molecule has 2 aromatic heterocycles. The lowest BCUT2D eigenvalue weighted by Crippen LogP contribution is -2.23. The van der Waals surface area contributed by atoms with Crippen molar-refractivity contribution in [1.82, 2.24) is 19.1 Å². The molecule has 0 amide bonds. The molecule has 5 rings (SSSR count). The Morgan fingerprint density at radius 3 is 1.84 bits per heavy atom. The Balaban J connectivity index is 0.000000176. The number of aryl methyl sites for hydroxylation is 2. The lowest BCUT2D eigenvalue weighted by molar-refractivity contribution is -0.108. The second kappa shape index (κ2) is 11.4. The lowest BCUT2D eigenvalue weighted by atomic mass is 10.2. The Kier molecular flexibility index (Phi) is 8.04. The van der Waals surface area contributed by atoms with Crippen molar-refractivity contribution >= 4 is 28.4 Å². The minimum Gasteiger partial charge on any atom is -0.353 e. The van der Waals surface area contributed by atoms with Crippen molar-refractivity contribution < 1.29 is 31.8 Å². The lowest BCUT2D eigenvalue weighted by Gasteiger charge is -2.12. The van der Waals surface area contributed by atoms with Gasteiger partial charge in [0.25, 0.3) is 11.1 Å². The van der Waals surface area contributed by atoms with Crippen LogP contribution in [0.15, 0.2) is 46.2 Å². The van der Waals surface area contributed by atoms with E-state index in [0.29, 0.717) is 25.9 Å². The van der Waals surface area contributed by atoms with E-state index >= 15 is 0 Å². The summed E-state index contributed by atoms with van der Waals surface area (Å²) in [4.78, 5) is 41.2. The number of hydrogen-bond acceptors (Lipinski definition) is 7. The number of rotatable bonds is 6. The highest BCUT2D eigenvalue weighted by molar-refractivity contribution is 5.75. The van der Waals surface area contributed by atoms with Crippen molar-refractivity contribution in [3.8, 4) is 0 Å². The first-order valence-corrected chi connectivity index (χ1v) is 11.1. The molecule has 1 saturated heterocycles. The molecule has 13 heteroatoms. The average Bonchev–Trinajstić information content (AvgIpc) is 3.39. The van der Waals surface area contributed by atoms with E-state index in [-0.39, 0.29) is 53.5 Å². The summed E-state index contributed by atoms with van der Waals surface area (Å²) in [5.74, 6) is -4.06. The third-order valence-corrected chi connectivity index (χ3v) is 5.61. The van der Waals surface area contributed by atoms with Crippen LogP contribution in [0.2, 0.25) is 0 Å². The zero-order chi connectivity index (χ0) is 26.5. The number of carbonyl (C=O) groups excluding carboxylic acids is 1. The van der Waals surface area contributed by atoms with Gasteiger partial charge in [0.15, 0.2) is 23.3 Å². The van der Waals surface area contributed by atoms with Crippen molar-refractivity contribution in [2.45, 2.75) is 32.0 Å². The standard InChI is InChI=1S/C13H12F2N2O3.C11H8F2N2O2/c14-9-3-11-12(4-10(9)15)17(13(18)5-16-11)2-1-8-6-19-7-20-8;12-7-4-9-10(5-8(7)13)15(2-1-3-16)11(17)6-14-9/h3-5,8H,1-2,6-7H2;3-6H,1-2H2. The van der Waals surface area contributed by atoms with Gasteiger partial charge in [-0.05, 0) is 6.42 Å². The molecule has 1 aliphatic rings. The number of aromatic nitrogens is 4. The third kappa shape index (κ3) is 5.89. The largest absolute Gasteiger partial charge is 0.353 e. The van der Waals surface area contributed by atoms with Crippen molar-refractivity contribution in [3.05, 3.63) is 80.6 Å². The molecule has 0 spiro atoms. The van der Waals surface area contributed by atoms with Crippen LogP contribution in [0.4, 0.5) is 17.6 Å². The SMILES string of the molecule is O=CCCn1c(=O)cnc2cc(F)c(F)cc21.O=c1cnc2cc(F)c(F)cc2n1CCC1COCO1. The number of carbonyl (C=O) groups is 1. The highest BCUT2D eigenvalue weighted by atomic mass is 19.2. The van der Waals surface area contributed by atoms with Gasteiger partial charge in [-0.15, -0.1) is 0 Å². The third-order valence-electron chi connectivity index (χ3n) is 5.61. The minimum absolute atomic E-state index is 0.0876. The fourth-order valence-corrected chi connectivity index (χ4v) is 3.77. The predicted octanol–water partition coefficient (Wildman–Crippen LogP) is 2.70. The van der Waals surface area contributed by atoms with Crippen molar-refractivity contribution in [3.63, 3.8) is 0 Å². The number of hydrogen-bond donors (Lipinski definition) is 0. The molecule has 1 atom stereocenters. The highest BCUT2D eigenvalue weighted by Gasteiger charge is 2.17. The maximum atomic E-state index is 13.3. The fraction of sp³-hybridized carbons (Fsp3) is 0.292. The molecule has 0 radical (unpaired) electrons. The smallest absolute Gasteiger partial charge is 0.269 e. The van der Waals surface area contributed by atoms with Gasteiger partial charge in [0.05, 0.1) is 47.2 Å². The van der Waals surface area contributed by atoms with E-state index in [2.05, 4.69) is 9.97 Å². The molecule has 9 nitrogen and oxygen atoms in total. The van der Waals surface area contributed by atoms with Crippen molar-refractivity contribution in [2.75, 3.05) is 13.4 Å². The summed E-state index contributed by atoms with van der Waals surface area (Å²) in [5, 5.41) is 0. The molecular weight excluding hydrogens is 500 g/mol. The number of ether oxygens (including phenoxy) is 2. The number of fused-ring (bicyclic) bond motifs is 2. The van der Waals surface area contributed by atoms with Gasteiger partial charge in [0.2, 0.25) is 0 Å². The molecular formula is C24H20F4N4O5. The summed E-state index contributed by atoms with van der Waals surface area (Å²) in [6.45, 7) is 1.17. The Morgan fingerprint density at radius 2 is 1.35 bits per heavy atom. The van der Waals surface area contributed by atoms with Gasteiger partial charge in [0.1, 0.15) is 13.1 Å². The molecule has 0 N–H and O–H groups in total. The van der Waals surface area contributed by atoms with Gasteiger partial charge in [-0.3, -0.25) is 9.59 Å². The van der Waals surface area contributed by atoms with Crippen LogP contribution in [0.1, 0.15) is 12.8 Å². The summed E-state index contributed by atoms with van der Waals surface area (Å²) in [5.41, 5.74) is 0.0582. The predicted molar refractivity (Wildman–Crippen MR) is 123 cm³/mol. The van der Waals surface area contributed by atoms with E-state index in [1.54, 1.807) is 0 Å². The van der Waals surface area contributed by atoms with Crippen LogP contribution >= 0.6 is 0 Å². The summed E-state index contributed by atoms with van der Waals surface area (Å²) in [7, 11) is 0. The molecule has 0 aliphatic carbocycles. The number of benzene rings is 2. The van der Waals surface area contributed by atoms with E-state index in [1.165, 1.54) is 9.13 Å². The first kappa shape index (κ1) is 26.1. The van der Waals surface area contributed by atoms with Gasteiger partial charge in [-0.1, -0.05) is 0 Å². The zero-order valence-electron chi connectivity index (χ0n) is 19.2. The van der Waals surface area contributed by atoms with Crippen LogP contribution in [0.3, 0.4) is 0 Å². The maximum absolute atomic E-state index is 13.3. The van der Waals surface area contributed by atoms with Crippen molar-refractivity contribution in [2.24, 2.45) is 0 Å². The van der Waals surface area contributed by atoms with E-state index in [1.807, 2.05) is 0 Å². The average molecular weight is 520 g/mol. The van der Waals surface area contributed by atoms with Crippen LogP contribution < -0.4 is 11.1 Å². The molecule has 0 saturated carbocycles. The van der Waals surface area contributed by atoms with Crippen LogP contribution in [-0.4, -0.2) is 44.9 Å². The quantitative estimate of drug-likeness (QED) is 0.284. The number of nitrogens with zero attached hydrogens (tertiary/aromatic N) is 4. The van der Waals surface area contributed by atoms with Gasteiger partial charge in [0, 0.05) is 43.8 Å². The topological polar surface area (TPSA) is 105 Å². The van der Waals surface area contributed by atoms with Crippen molar-refractivity contribution in [1.29, 1.82) is 0 Å². The summed E-state index contributed by atoms with van der Waals surface area (Å²) in [6, 6.07) is 3.80. The van der Waals surface area contributed by atoms with Gasteiger partial charge in [-0.25, -0.2) is 27.5 Å². The highest BCUT2D eigenvalue weighted by Crippen LogP contribution is 2.17. The molecule has 1 unspecified atom stereocenters. The van der Waals surface area contributed by atoms with E-state index in [9.17, 15) is 31.9 Å². The molecule has 0 bridgehead atoms. The normalized spacial score (nSPS) is 15.1. The van der Waals surface area contributed by atoms with Gasteiger partial charge >= 0.3 is 0 Å². The Labute approximate surface area is 205 Å². The van der Waals surface area contributed by atoms with E-state index in [4.69, 9.17) is 9.47 Å². The molecule has 4 aromatic rings. The summed E-state index contributed by atoms with van der Waals surface area (Å²) < 4.78 is 65.5. The van der Waals surface area contributed by atoms with Crippen LogP contribution in [0, 0.1) is 23.3 Å². The second-order valence-electron chi connectivity index (χ2n) is 8.03. The molecule has 1 aliphatic heterocycles. The van der Waals surface area contributed by atoms with Gasteiger partial charge in [-0.2, -0.15) is 0 Å². The molecule has 37 heavy (non-hydrogen) atoms. The summed E-state index contributed by atoms with van der Waals surface area (Å²) >= 11 is 0. The first-order chi connectivity index (χ1) is 17.8. The number of halogens is 4. The minimum atomic E-state index is -1.05. The fourth-order valence-electron chi connectivity index (χ4n) is 3.77. The number of aldehydes is 1. The molecule has 3 heterocycles. The first-order valence-electron chi connectivity index (χ1n) is 11.1. The maximum Gasteiger partial charge on any atom is 0.269 e. The second-order valence-corrected chi connectivity index (χ2v) is 8.03. The van der Waals surface area contributed by atoms with E-state index < -0.39 is 28.8 Å². The van der Waals surface area contributed by atoms with Crippen LogP contribution in [0.5, 0.6) is 0 Å². The monoisotopic (exact) mass is 520 g/mol.